The molecule has 4 nitrogen and oxygen atoms in total. The van der Waals surface area contributed by atoms with Crippen LogP contribution in [0.3, 0.4) is 0 Å². The van der Waals surface area contributed by atoms with Crippen molar-refractivity contribution in [2.45, 2.75) is 39.3 Å². The molecule has 0 bridgehead atoms. The second-order valence-electron chi connectivity index (χ2n) is 5.87. The number of rotatable bonds is 8. The maximum atomic E-state index is 12.2. The summed E-state index contributed by atoms with van der Waals surface area (Å²) >= 11 is 0. The molecule has 24 heavy (non-hydrogen) atoms. The molecule has 0 spiro atoms. The number of nitrogens with two attached hydrogens (primary N) is 1. The summed E-state index contributed by atoms with van der Waals surface area (Å²) in [5.41, 5.74) is 9.37. The highest BCUT2D eigenvalue weighted by molar-refractivity contribution is 5.81. The van der Waals surface area contributed by atoms with Crippen molar-refractivity contribution in [3.63, 3.8) is 0 Å². The smallest absolute Gasteiger partial charge is 0.237 e. The van der Waals surface area contributed by atoms with Gasteiger partial charge in [0.25, 0.3) is 0 Å². The van der Waals surface area contributed by atoms with Gasteiger partial charge >= 0.3 is 0 Å². The van der Waals surface area contributed by atoms with E-state index in [1.165, 1.54) is 5.56 Å². The Kier molecular flexibility index (Phi) is 6.82. The molecule has 0 aliphatic carbocycles. The third-order valence-corrected chi connectivity index (χ3v) is 4.01. The van der Waals surface area contributed by atoms with Gasteiger partial charge in [0.2, 0.25) is 5.91 Å². The van der Waals surface area contributed by atoms with E-state index in [-0.39, 0.29) is 5.91 Å². The van der Waals surface area contributed by atoms with Gasteiger partial charge in [0, 0.05) is 6.54 Å². The third-order valence-electron chi connectivity index (χ3n) is 4.01. The summed E-state index contributed by atoms with van der Waals surface area (Å²) < 4.78 is 5.51. The van der Waals surface area contributed by atoms with Crippen LogP contribution >= 0.6 is 0 Å². The van der Waals surface area contributed by atoms with Crippen LogP contribution in [0, 0.1) is 6.92 Å². The molecule has 2 aromatic rings. The zero-order valence-corrected chi connectivity index (χ0v) is 14.4. The molecule has 0 saturated carbocycles. The molecule has 0 aliphatic rings. The number of benzene rings is 2. The van der Waals surface area contributed by atoms with Gasteiger partial charge in [-0.3, -0.25) is 4.79 Å². The lowest BCUT2D eigenvalue weighted by atomic mass is 10.0. The summed E-state index contributed by atoms with van der Waals surface area (Å²) in [7, 11) is 0. The van der Waals surface area contributed by atoms with E-state index in [0.717, 1.165) is 23.3 Å². The number of ether oxygens (including phenoxy) is 1. The van der Waals surface area contributed by atoms with Crippen LogP contribution in [0.5, 0.6) is 5.75 Å². The molecule has 0 heterocycles. The Bertz CT molecular complexity index is 656. The summed E-state index contributed by atoms with van der Waals surface area (Å²) in [6.45, 7) is 5.06. The number of hydrogen-bond donors (Lipinski definition) is 2. The Hall–Kier alpha value is -2.33. The molecule has 0 aliphatic heterocycles. The Morgan fingerprint density at radius 3 is 2.67 bits per heavy atom. The van der Waals surface area contributed by atoms with Crippen molar-refractivity contribution in [3.8, 4) is 5.75 Å². The maximum Gasteiger partial charge on any atom is 0.237 e. The molecular formula is C20H26N2O2. The molecule has 0 saturated heterocycles. The predicted molar refractivity (Wildman–Crippen MR) is 96.9 cm³/mol. The molecule has 1 unspecified atom stereocenters. The number of nitrogens with one attached hydrogen (secondary N) is 1. The Balaban J connectivity index is 1.84. The fourth-order valence-corrected chi connectivity index (χ4v) is 2.51. The minimum Gasteiger partial charge on any atom is -0.494 e. The molecule has 2 aromatic carbocycles. The first-order chi connectivity index (χ1) is 11.6. The monoisotopic (exact) mass is 326 g/mol. The first kappa shape index (κ1) is 18.0. The fraction of sp³-hybridized carbons (Fsp3) is 0.350. The molecular weight excluding hydrogens is 300 g/mol. The summed E-state index contributed by atoms with van der Waals surface area (Å²) in [5.74, 6) is 0.702. The molecule has 0 aromatic heterocycles. The highest BCUT2D eigenvalue weighted by Gasteiger charge is 2.13. The summed E-state index contributed by atoms with van der Waals surface area (Å²) in [4.78, 5) is 12.2. The van der Waals surface area contributed by atoms with Gasteiger partial charge in [-0.1, -0.05) is 36.4 Å². The lowest BCUT2D eigenvalue weighted by molar-refractivity contribution is -0.122. The molecule has 128 valence electrons. The maximum absolute atomic E-state index is 12.2. The molecule has 2 rings (SSSR count). The van der Waals surface area contributed by atoms with E-state index >= 15 is 0 Å². The van der Waals surface area contributed by atoms with Gasteiger partial charge in [0.15, 0.2) is 0 Å². The van der Waals surface area contributed by atoms with E-state index in [9.17, 15) is 4.79 Å². The van der Waals surface area contributed by atoms with E-state index in [0.29, 0.717) is 19.6 Å². The number of hydrogen-bond acceptors (Lipinski definition) is 3. The Labute approximate surface area is 144 Å². The van der Waals surface area contributed by atoms with E-state index in [2.05, 4.69) is 5.32 Å². The van der Waals surface area contributed by atoms with Crippen LogP contribution in [-0.4, -0.2) is 18.6 Å². The third kappa shape index (κ3) is 5.39. The highest BCUT2D eigenvalue weighted by atomic mass is 16.5. The van der Waals surface area contributed by atoms with Crippen molar-refractivity contribution >= 4 is 5.91 Å². The number of carbonyl (C=O) groups is 1. The van der Waals surface area contributed by atoms with Gasteiger partial charge in [-0.2, -0.15) is 0 Å². The van der Waals surface area contributed by atoms with Crippen molar-refractivity contribution in [2.75, 3.05) is 6.61 Å². The van der Waals surface area contributed by atoms with Crippen LogP contribution in [0.15, 0.2) is 48.5 Å². The van der Waals surface area contributed by atoms with Gasteiger partial charge < -0.3 is 15.8 Å². The van der Waals surface area contributed by atoms with E-state index in [1.807, 2.05) is 62.4 Å². The second-order valence-corrected chi connectivity index (χ2v) is 5.87. The average Bonchev–Trinajstić information content (AvgIpc) is 2.61. The molecule has 4 heteroatoms. The number of carbonyl (C=O) groups excluding carboxylic acids is 1. The molecule has 1 amide bonds. The van der Waals surface area contributed by atoms with Crippen LogP contribution in [0.2, 0.25) is 0 Å². The fourth-order valence-electron chi connectivity index (χ4n) is 2.51. The quantitative estimate of drug-likeness (QED) is 0.784. The average molecular weight is 326 g/mol. The Morgan fingerprint density at radius 2 is 1.96 bits per heavy atom. The van der Waals surface area contributed by atoms with Crippen LogP contribution in [0.25, 0.3) is 0 Å². The Morgan fingerprint density at radius 1 is 1.21 bits per heavy atom. The minimum absolute atomic E-state index is 0.118. The molecule has 0 fully saturated rings. The highest BCUT2D eigenvalue weighted by Crippen LogP contribution is 2.17. The van der Waals surface area contributed by atoms with Crippen molar-refractivity contribution < 1.29 is 9.53 Å². The van der Waals surface area contributed by atoms with Crippen molar-refractivity contribution in [1.29, 1.82) is 0 Å². The SMILES string of the molecule is CCOc1ccc(C)c(CNC(=O)C(N)CCc2ccccc2)c1. The van der Waals surface area contributed by atoms with Gasteiger partial charge in [-0.05, 0) is 55.5 Å². The lowest BCUT2D eigenvalue weighted by Crippen LogP contribution is -2.40. The first-order valence-electron chi connectivity index (χ1n) is 8.39. The van der Waals surface area contributed by atoms with Crippen molar-refractivity contribution in [2.24, 2.45) is 5.73 Å². The zero-order chi connectivity index (χ0) is 17.4. The van der Waals surface area contributed by atoms with E-state index in [1.54, 1.807) is 0 Å². The largest absolute Gasteiger partial charge is 0.494 e. The van der Waals surface area contributed by atoms with Crippen LogP contribution < -0.4 is 15.8 Å². The van der Waals surface area contributed by atoms with Crippen molar-refractivity contribution in [3.05, 3.63) is 65.2 Å². The van der Waals surface area contributed by atoms with Gasteiger partial charge in [-0.15, -0.1) is 0 Å². The molecule has 1 atom stereocenters. The number of amides is 1. The normalized spacial score (nSPS) is 11.8. The predicted octanol–water partition coefficient (Wildman–Crippen LogP) is 2.97. The summed E-state index contributed by atoms with van der Waals surface area (Å²) in [6.07, 6.45) is 1.43. The second kappa shape index (κ2) is 9.08. The van der Waals surface area contributed by atoms with Crippen LogP contribution in [0.1, 0.15) is 30.0 Å². The van der Waals surface area contributed by atoms with E-state index < -0.39 is 6.04 Å². The topological polar surface area (TPSA) is 64.3 Å². The minimum atomic E-state index is -0.499. The summed E-state index contributed by atoms with van der Waals surface area (Å²) in [5, 5.41) is 2.93. The zero-order valence-electron chi connectivity index (χ0n) is 14.4. The standard InChI is InChI=1S/C20H26N2O2/c1-3-24-18-11-9-15(2)17(13-18)14-22-20(23)19(21)12-10-16-7-5-4-6-8-16/h4-9,11,13,19H,3,10,12,14,21H2,1-2H3,(H,22,23). The van der Waals surface area contributed by atoms with Crippen LogP contribution in [0.4, 0.5) is 0 Å². The van der Waals surface area contributed by atoms with E-state index in [4.69, 9.17) is 10.5 Å². The first-order valence-corrected chi connectivity index (χ1v) is 8.39. The van der Waals surface area contributed by atoms with Crippen molar-refractivity contribution in [1.82, 2.24) is 5.32 Å². The van der Waals surface area contributed by atoms with Gasteiger partial charge in [0.05, 0.1) is 12.6 Å². The van der Waals surface area contributed by atoms with Gasteiger partial charge in [0.1, 0.15) is 5.75 Å². The number of aryl methyl sites for hydroxylation is 2. The van der Waals surface area contributed by atoms with Crippen LogP contribution in [-0.2, 0) is 17.8 Å². The van der Waals surface area contributed by atoms with Gasteiger partial charge in [-0.25, -0.2) is 0 Å². The molecule has 0 radical (unpaired) electrons. The molecule has 3 N–H and O–H groups in total. The summed E-state index contributed by atoms with van der Waals surface area (Å²) in [6, 6.07) is 15.5. The lowest BCUT2D eigenvalue weighted by Gasteiger charge is -2.14.